The van der Waals surface area contributed by atoms with E-state index in [1.54, 1.807) is 6.20 Å². The summed E-state index contributed by atoms with van der Waals surface area (Å²) in [6.07, 6.45) is 4.32. The third-order valence-corrected chi connectivity index (χ3v) is 6.04. The van der Waals surface area contributed by atoms with E-state index in [1.165, 1.54) is 0 Å². The van der Waals surface area contributed by atoms with Crippen molar-refractivity contribution in [3.63, 3.8) is 0 Å². The van der Waals surface area contributed by atoms with E-state index in [2.05, 4.69) is 11.1 Å². The van der Waals surface area contributed by atoms with Crippen LogP contribution in [0.4, 0.5) is 0 Å². The summed E-state index contributed by atoms with van der Waals surface area (Å²) < 4.78 is 14.5. The van der Waals surface area contributed by atoms with Gasteiger partial charge in [-0.25, -0.2) is 8.51 Å². The molecule has 0 saturated heterocycles. The zero-order chi connectivity index (χ0) is 19.9. The van der Waals surface area contributed by atoms with Crippen molar-refractivity contribution in [1.29, 1.82) is 5.26 Å². The standard InChI is InChI=1S/C22H20ClN3OS/c1-26(28(27)16-19-3-2-4-22(23)12-19)15-20-9-10-25-14-21(20)11-17-5-7-18(13-24)8-6-17/h2-10,12,14H,11,15-16H2,1H3. The number of aromatic nitrogens is 1. The first-order chi connectivity index (χ1) is 13.5. The highest BCUT2D eigenvalue weighted by Gasteiger charge is 2.13. The normalized spacial score (nSPS) is 11.9. The summed E-state index contributed by atoms with van der Waals surface area (Å²) >= 11 is 6.02. The van der Waals surface area contributed by atoms with Gasteiger partial charge in [-0.3, -0.25) is 4.98 Å². The Morgan fingerprint density at radius 2 is 1.89 bits per heavy atom. The SMILES string of the molecule is CN(Cc1ccncc1Cc1ccc(C#N)cc1)S(=O)Cc1cccc(Cl)c1. The molecule has 0 saturated carbocycles. The van der Waals surface area contributed by atoms with Crippen LogP contribution in [0, 0.1) is 11.3 Å². The molecule has 0 N–H and O–H groups in total. The molecular formula is C22H20ClN3OS. The minimum absolute atomic E-state index is 0.424. The highest BCUT2D eigenvalue weighted by Crippen LogP contribution is 2.18. The van der Waals surface area contributed by atoms with Crippen molar-refractivity contribution in [3.8, 4) is 6.07 Å². The fraction of sp³-hybridized carbons (Fsp3) is 0.182. The van der Waals surface area contributed by atoms with Gasteiger partial charge in [-0.2, -0.15) is 5.26 Å². The van der Waals surface area contributed by atoms with Gasteiger partial charge in [0.2, 0.25) is 0 Å². The molecule has 28 heavy (non-hydrogen) atoms. The molecule has 6 heteroatoms. The molecule has 4 nitrogen and oxygen atoms in total. The molecule has 0 fully saturated rings. The Bertz CT molecular complexity index is 1010. The highest BCUT2D eigenvalue weighted by atomic mass is 35.5. The van der Waals surface area contributed by atoms with Crippen molar-refractivity contribution in [3.05, 3.63) is 99.8 Å². The first-order valence-electron chi connectivity index (χ1n) is 8.80. The third kappa shape index (κ3) is 5.49. The molecule has 1 atom stereocenters. The molecular weight excluding hydrogens is 390 g/mol. The smallest absolute Gasteiger partial charge is 0.0991 e. The van der Waals surface area contributed by atoms with Crippen LogP contribution in [-0.2, 0) is 29.7 Å². The summed E-state index contributed by atoms with van der Waals surface area (Å²) in [6, 6.07) is 19.1. The first kappa shape index (κ1) is 20.2. The molecule has 3 aromatic rings. The van der Waals surface area contributed by atoms with Crippen molar-refractivity contribution in [1.82, 2.24) is 9.29 Å². The monoisotopic (exact) mass is 409 g/mol. The van der Waals surface area contributed by atoms with Crippen molar-refractivity contribution in [2.75, 3.05) is 7.05 Å². The van der Waals surface area contributed by atoms with E-state index in [9.17, 15) is 4.21 Å². The van der Waals surface area contributed by atoms with E-state index < -0.39 is 11.0 Å². The van der Waals surface area contributed by atoms with Crippen LogP contribution in [0.3, 0.4) is 0 Å². The molecule has 3 rings (SSSR count). The van der Waals surface area contributed by atoms with Crippen molar-refractivity contribution < 1.29 is 4.21 Å². The molecule has 0 spiro atoms. The van der Waals surface area contributed by atoms with Crippen LogP contribution in [0.2, 0.25) is 5.02 Å². The summed E-state index contributed by atoms with van der Waals surface area (Å²) in [5.41, 5.74) is 4.87. The van der Waals surface area contributed by atoms with Gasteiger partial charge in [-0.1, -0.05) is 35.9 Å². The molecule has 0 amide bonds. The largest absolute Gasteiger partial charge is 0.264 e. The Kier molecular flexibility index (Phi) is 6.94. The fourth-order valence-electron chi connectivity index (χ4n) is 2.88. The zero-order valence-corrected chi connectivity index (χ0v) is 17.1. The Labute approximate surface area is 173 Å². The fourth-order valence-corrected chi connectivity index (χ4v) is 4.06. The zero-order valence-electron chi connectivity index (χ0n) is 15.5. The Morgan fingerprint density at radius 3 is 2.61 bits per heavy atom. The number of nitrogens with zero attached hydrogens (tertiary/aromatic N) is 3. The van der Waals surface area contributed by atoms with Gasteiger partial charge in [0.15, 0.2) is 0 Å². The number of rotatable bonds is 7. The van der Waals surface area contributed by atoms with E-state index in [0.717, 1.165) is 22.3 Å². The van der Waals surface area contributed by atoms with Gasteiger partial charge in [-0.05, 0) is 59.0 Å². The van der Waals surface area contributed by atoms with Gasteiger partial charge in [0.05, 0.1) is 28.4 Å². The number of nitriles is 1. The average Bonchev–Trinajstić information content (AvgIpc) is 2.70. The molecule has 0 aliphatic carbocycles. The van der Waals surface area contributed by atoms with Crippen LogP contribution in [0.1, 0.15) is 27.8 Å². The second-order valence-electron chi connectivity index (χ2n) is 6.51. The molecule has 0 aliphatic rings. The van der Waals surface area contributed by atoms with E-state index in [4.69, 9.17) is 16.9 Å². The maximum atomic E-state index is 12.7. The lowest BCUT2D eigenvalue weighted by Gasteiger charge is -2.18. The quantitative estimate of drug-likeness (QED) is 0.577. The number of hydrogen-bond acceptors (Lipinski definition) is 3. The number of benzene rings is 2. The summed E-state index contributed by atoms with van der Waals surface area (Å²) in [5, 5.41) is 9.58. The van der Waals surface area contributed by atoms with Crippen LogP contribution in [-0.4, -0.2) is 20.5 Å². The average molecular weight is 410 g/mol. The van der Waals surface area contributed by atoms with Crippen LogP contribution in [0.15, 0.2) is 67.0 Å². The van der Waals surface area contributed by atoms with Gasteiger partial charge in [0.25, 0.3) is 0 Å². The second kappa shape index (κ2) is 9.61. The summed E-state index contributed by atoms with van der Waals surface area (Å²) in [7, 11) is 0.688. The molecule has 2 aromatic carbocycles. The summed E-state index contributed by atoms with van der Waals surface area (Å²) in [6.45, 7) is 0.557. The van der Waals surface area contributed by atoms with Crippen LogP contribution in [0.25, 0.3) is 0 Å². The van der Waals surface area contributed by atoms with Gasteiger partial charge < -0.3 is 0 Å². The van der Waals surface area contributed by atoms with E-state index in [1.807, 2.05) is 72.1 Å². The van der Waals surface area contributed by atoms with E-state index in [0.29, 0.717) is 29.3 Å². The van der Waals surface area contributed by atoms with Gasteiger partial charge in [-0.15, -0.1) is 0 Å². The van der Waals surface area contributed by atoms with Crippen LogP contribution in [0.5, 0.6) is 0 Å². The minimum Gasteiger partial charge on any atom is -0.264 e. The Morgan fingerprint density at radius 1 is 1.11 bits per heavy atom. The first-order valence-corrected chi connectivity index (χ1v) is 10.5. The topological polar surface area (TPSA) is 57.0 Å². The molecule has 1 aromatic heterocycles. The summed E-state index contributed by atoms with van der Waals surface area (Å²) in [4.78, 5) is 4.24. The van der Waals surface area contributed by atoms with Gasteiger partial charge >= 0.3 is 0 Å². The molecule has 142 valence electrons. The molecule has 0 aliphatic heterocycles. The summed E-state index contributed by atoms with van der Waals surface area (Å²) in [5.74, 6) is 0.424. The molecule has 1 heterocycles. The molecule has 1 unspecified atom stereocenters. The Balaban J connectivity index is 1.69. The van der Waals surface area contributed by atoms with Gasteiger partial charge in [0.1, 0.15) is 0 Å². The van der Waals surface area contributed by atoms with E-state index >= 15 is 0 Å². The predicted molar refractivity (Wildman–Crippen MR) is 113 cm³/mol. The lowest BCUT2D eigenvalue weighted by Crippen LogP contribution is -2.22. The van der Waals surface area contributed by atoms with Crippen molar-refractivity contribution in [2.45, 2.75) is 18.7 Å². The van der Waals surface area contributed by atoms with Crippen molar-refractivity contribution in [2.24, 2.45) is 0 Å². The highest BCUT2D eigenvalue weighted by molar-refractivity contribution is 7.81. The lowest BCUT2D eigenvalue weighted by atomic mass is 10.0. The van der Waals surface area contributed by atoms with Crippen LogP contribution < -0.4 is 0 Å². The number of halogens is 1. The van der Waals surface area contributed by atoms with E-state index in [-0.39, 0.29) is 0 Å². The Hall–Kier alpha value is -2.52. The lowest BCUT2D eigenvalue weighted by molar-refractivity contribution is 0.517. The van der Waals surface area contributed by atoms with Gasteiger partial charge in [0, 0.05) is 31.0 Å². The maximum absolute atomic E-state index is 12.7. The number of hydrogen-bond donors (Lipinski definition) is 0. The molecule has 0 radical (unpaired) electrons. The number of pyridine rings is 1. The minimum atomic E-state index is -1.17. The molecule has 0 bridgehead atoms. The van der Waals surface area contributed by atoms with Crippen LogP contribution >= 0.6 is 11.6 Å². The maximum Gasteiger partial charge on any atom is 0.0991 e. The second-order valence-corrected chi connectivity index (χ2v) is 8.50. The predicted octanol–water partition coefficient (Wildman–Crippen LogP) is 4.49. The third-order valence-electron chi connectivity index (χ3n) is 4.40. The van der Waals surface area contributed by atoms with Crippen molar-refractivity contribution >= 4 is 22.6 Å².